The second kappa shape index (κ2) is 11.9. The smallest absolute Gasteiger partial charge is 0.267 e. The van der Waals surface area contributed by atoms with Crippen molar-refractivity contribution in [3.63, 3.8) is 0 Å². The monoisotopic (exact) mass is 436 g/mol. The first-order valence-corrected chi connectivity index (χ1v) is 12.0. The number of unbranched alkanes of at least 4 members (excludes halogenated alkanes) is 1. The van der Waals surface area contributed by atoms with E-state index in [1.165, 1.54) is 0 Å². The standard InChI is InChI=1S/C8H14N2O3S.C4H6N2.C4H8O3S/c1-9-5-6-10(8-9)4-2-3-7-14(11,12)13;1-6-3-2-5-4-6;5-8(6)4-2-1-3-7-8/h5-6,8H,2-4,7H2,1H3;2-4H,1H3;1-4H2. The van der Waals surface area contributed by atoms with Crippen LogP contribution in [0.25, 0.3) is 0 Å². The molecule has 0 spiro atoms. The first kappa shape index (κ1) is 24.3. The summed E-state index contributed by atoms with van der Waals surface area (Å²) in [7, 11) is -3.27. The van der Waals surface area contributed by atoms with E-state index in [9.17, 15) is 21.4 Å². The van der Waals surface area contributed by atoms with E-state index in [4.69, 9.17) is 0 Å². The molecule has 3 heterocycles. The van der Waals surface area contributed by atoms with Gasteiger partial charge in [-0.25, -0.2) is 22.5 Å². The predicted octanol–water partition coefficient (Wildman–Crippen LogP) is 0.185. The highest BCUT2D eigenvalue weighted by atomic mass is 32.2. The van der Waals surface area contributed by atoms with E-state index in [0.717, 1.165) is 19.4 Å². The van der Waals surface area contributed by atoms with Gasteiger partial charge < -0.3 is 9.12 Å². The number of aryl methyl sites for hydroxylation is 3. The molecular weight excluding hydrogens is 408 g/mol. The Balaban J connectivity index is 0.000000234. The Labute approximate surface area is 166 Å². The van der Waals surface area contributed by atoms with E-state index >= 15 is 0 Å². The van der Waals surface area contributed by atoms with Gasteiger partial charge in [-0.1, -0.05) is 0 Å². The van der Waals surface area contributed by atoms with Crippen LogP contribution in [-0.2, 0) is 45.1 Å². The van der Waals surface area contributed by atoms with Crippen molar-refractivity contribution in [2.45, 2.75) is 32.2 Å². The summed E-state index contributed by atoms with van der Waals surface area (Å²) in [5, 5.41) is 0. The highest BCUT2D eigenvalue weighted by Crippen LogP contribution is 2.06. The van der Waals surface area contributed by atoms with E-state index in [1.54, 1.807) is 12.5 Å². The maximum absolute atomic E-state index is 10.4. The van der Waals surface area contributed by atoms with Crippen molar-refractivity contribution in [2.75, 3.05) is 18.1 Å². The molecule has 10 nitrogen and oxygen atoms in total. The molecular formula is C16H28N4O6S2. The summed E-state index contributed by atoms with van der Waals surface area (Å²) in [6.07, 6.45) is 13.9. The fourth-order valence-electron chi connectivity index (χ4n) is 2.16. The van der Waals surface area contributed by atoms with E-state index in [1.807, 2.05) is 52.7 Å². The molecule has 2 aromatic rings. The lowest BCUT2D eigenvalue weighted by molar-refractivity contribution is -0.671. The Hall–Kier alpha value is -1.76. The van der Waals surface area contributed by atoms with E-state index in [-0.39, 0.29) is 11.5 Å². The van der Waals surface area contributed by atoms with Crippen LogP contribution in [0, 0.1) is 0 Å². The van der Waals surface area contributed by atoms with Gasteiger partial charge in [0.15, 0.2) is 0 Å². The minimum Gasteiger partial charge on any atom is -0.748 e. The first-order valence-electron chi connectivity index (χ1n) is 8.81. The third-order valence-electron chi connectivity index (χ3n) is 3.57. The van der Waals surface area contributed by atoms with Crippen LogP contribution in [-0.4, -0.2) is 53.6 Å². The van der Waals surface area contributed by atoms with Crippen molar-refractivity contribution >= 4 is 20.2 Å². The Morgan fingerprint density at radius 3 is 2.36 bits per heavy atom. The molecule has 0 amide bonds. The number of aromatic nitrogens is 4. The van der Waals surface area contributed by atoms with Gasteiger partial charge >= 0.3 is 0 Å². The topological polar surface area (TPSA) is 127 Å². The minimum atomic E-state index is -4.04. The maximum Gasteiger partial charge on any atom is 0.267 e. The summed E-state index contributed by atoms with van der Waals surface area (Å²) >= 11 is 0. The summed E-state index contributed by atoms with van der Waals surface area (Å²) < 4.78 is 61.9. The van der Waals surface area contributed by atoms with Crippen molar-refractivity contribution < 1.29 is 30.1 Å². The zero-order valence-electron chi connectivity index (χ0n) is 16.2. The predicted molar refractivity (Wildman–Crippen MR) is 102 cm³/mol. The summed E-state index contributed by atoms with van der Waals surface area (Å²) in [6.45, 7) is 1.12. The van der Waals surface area contributed by atoms with Gasteiger partial charge in [-0.05, 0) is 25.7 Å². The van der Waals surface area contributed by atoms with Gasteiger partial charge in [0.05, 0.1) is 42.4 Å². The molecule has 1 saturated heterocycles. The molecule has 160 valence electrons. The van der Waals surface area contributed by atoms with E-state index in [0.29, 0.717) is 19.4 Å². The average Bonchev–Trinajstić information content (AvgIpc) is 3.23. The van der Waals surface area contributed by atoms with Gasteiger partial charge in [-0.3, -0.25) is 4.18 Å². The van der Waals surface area contributed by atoms with Gasteiger partial charge in [-0.2, -0.15) is 8.42 Å². The molecule has 0 aromatic carbocycles. The second-order valence-electron chi connectivity index (χ2n) is 6.30. The summed E-state index contributed by atoms with van der Waals surface area (Å²) in [4.78, 5) is 3.78. The van der Waals surface area contributed by atoms with Crippen LogP contribution in [0.2, 0.25) is 0 Å². The summed E-state index contributed by atoms with van der Waals surface area (Å²) in [5.74, 6) is -0.0621. The van der Waals surface area contributed by atoms with Crippen molar-refractivity contribution in [3.8, 4) is 0 Å². The number of hydrogen-bond donors (Lipinski definition) is 0. The Kier molecular flexibility index (Phi) is 10.4. The van der Waals surface area contributed by atoms with Crippen LogP contribution in [0.4, 0.5) is 0 Å². The maximum atomic E-state index is 10.4. The molecule has 1 aliphatic heterocycles. The Morgan fingerprint density at radius 1 is 1.25 bits per heavy atom. The lowest BCUT2D eigenvalue weighted by Gasteiger charge is -2.09. The van der Waals surface area contributed by atoms with Crippen LogP contribution >= 0.6 is 0 Å². The molecule has 12 heteroatoms. The van der Waals surface area contributed by atoms with Crippen molar-refractivity contribution in [3.05, 3.63) is 37.4 Å². The molecule has 0 N–H and O–H groups in total. The number of nitrogens with zero attached hydrogens (tertiary/aromatic N) is 4. The Bertz CT molecular complexity index is 864. The number of hydrogen-bond acceptors (Lipinski definition) is 7. The fourth-order valence-corrected chi connectivity index (χ4v) is 3.76. The zero-order valence-corrected chi connectivity index (χ0v) is 17.8. The molecule has 3 rings (SSSR count). The molecule has 0 radical (unpaired) electrons. The van der Waals surface area contributed by atoms with E-state index in [2.05, 4.69) is 9.17 Å². The second-order valence-corrected chi connectivity index (χ2v) is 9.59. The SMILES string of the molecule is C[n+]1ccn(CCCCS(=O)(=O)[O-])c1.Cn1ccnc1.O=S1(=O)CCCCO1. The lowest BCUT2D eigenvalue weighted by Crippen LogP contribution is -2.23. The van der Waals surface area contributed by atoms with Gasteiger partial charge in [0.2, 0.25) is 6.33 Å². The Morgan fingerprint density at radius 2 is 2.00 bits per heavy atom. The van der Waals surface area contributed by atoms with Gasteiger partial charge in [0, 0.05) is 25.2 Å². The molecule has 0 unspecified atom stereocenters. The first-order chi connectivity index (χ1) is 13.1. The molecule has 0 bridgehead atoms. The van der Waals surface area contributed by atoms with Crippen LogP contribution in [0.15, 0.2) is 37.4 Å². The van der Waals surface area contributed by atoms with Crippen molar-refractivity contribution in [2.24, 2.45) is 14.1 Å². The molecule has 0 saturated carbocycles. The van der Waals surface area contributed by atoms with Gasteiger partial charge in [-0.15, -0.1) is 0 Å². The quantitative estimate of drug-likeness (QED) is 0.283. The van der Waals surface area contributed by atoms with Crippen LogP contribution in [0.1, 0.15) is 25.7 Å². The number of rotatable bonds is 5. The third-order valence-corrected chi connectivity index (χ3v) is 5.68. The van der Waals surface area contributed by atoms with Gasteiger partial charge in [0.1, 0.15) is 12.4 Å². The third kappa shape index (κ3) is 12.6. The van der Waals surface area contributed by atoms with Crippen LogP contribution in [0.3, 0.4) is 0 Å². The van der Waals surface area contributed by atoms with Crippen LogP contribution in [0.5, 0.6) is 0 Å². The molecule has 0 atom stereocenters. The molecule has 2 aromatic heterocycles. The highest BCUT2D eigenvalue weighted by Gasteiger charge is 2.14. The van der Waals surface area contributed by atoms with Crippen molar-refractivity contribution in [1.82, 2.24) is 14.1 Å². The normalized spacial score (nSPS) is 15.7. The molecule has 28 heavy (non-hydrogen) atoms. The lowest BCUT2D eigenvalue weighted by atomic mass is 10.3. The summed E-state index contributed by atoms with van der Waals surface area (Å²) in [5.41, 5.74) is 0. The average molecular weight is 437 g/mol. The number of imidazole rings is 2. The molecule has 0 aliphatic carbocycles. The fraction of sp³-hybridized carbons (Fsp3) is 0.625. The van der Waals surface area contributed by atoms with E-state index < -0.39 is 20.2 Å². The zero-order chi connectivity index (χ0) is 21.0. The molecule has 1 fully saturated rings. The largest absolute Gasteiger partial charge is 0.748 e. The van der Waals surface area contributed by atoms with Crippen LogP contribution < -0.4 is 4.57 Å². The van der Waals surface area contributed by atoms with Gasteiger partial charge in [0.25, 0.3) is 10.1 Å². The highest BCUT2D eigenvalue weighted by molar-refractivity contribution is 7.86. The minimum absolute atomic E-state index is 0.201. The molecule has 1 aliphatic rings. The van der Waals surface area contributed by atoms with Crippen molar-refractivity contribution in [1.29, 1.82) is 0 Å². The summed E-state index contributed by atoms with van der Waals surface area (Å²) in [6, 6.07) is 0.